The molecule has 3 heterocycles. The molecular formula is C16H17FN6. The number of fused-ring (bicyclic) bond motifs is 1. The summed E-state index contributed by atoms with van der Waals surface area (Å²) in [6, 6.07) is 10.2. The van der Waals surface area contributed by atoms with E-state index in [-0.39, 0.29) is 5.82 Å². The third-order valence-electron chi connectivity index (χ3n) is 4.00. The van der Waals surface area contributed by atoms with Gasteiger partial charge in [-0.25, -0.2) is 4.39 Å². The summed E-state index contributed by atoms with van der Waals surface area (Å²) in [7, 11) is 0. The normalized spacial score (nSPS) is 15.8. The standard InChI is InChI=1S/C16H17FN6/c17-13-4-1-3-12(11-13)16-20-19-14-5-6-15(21-23(14)16)22-9-2-7-18-8-10-22/h1,3-6,11,18H,2,7-10H2. The number of halogens is 1. The lowest BCUT2D eigenvalue weighted by molar-refractivity contribution is 0.628. The highest BCUT2D eigenvalue weighted by molar-refractivity contribution is 5.59. The lowest BCUT2D eigenvalue weighted by Gasteiger charge is -2.20. The van der Waals surface area contributed by atoms with E-state index in [0.29, 0.717) is 17.0 Å². The first-order valence-electron chi connectivity index (χ1n) is 7.75. The first-order valence-corrected chi connectivity index (χ1v) is 7.75. The van der Waals surface area contributed by atoms with E-state index >= 15 is 0 Å². The molecule has 0 amide bonds. The van der Waals surface area contributed by atoms with Gasteiger partial charge in [-0.1, -0.05) is 12.1 Å². The second-order valence-corrected chi connectivity index (χ2v) is 5.59. The highest BCUT2D eigenvalue weighted by Crippen LogP contribution is 2.20. The van der Waals surface area contributed by atoms with E-state index in [1.807, 2.05) is 18.2 Å². The van der Waals surface area contributed by atoms with Crippen molar-refractivity contribution in [3.8, 4) is 11.4 Å². The number of anilines is 1. The topological polar surface area (TPSA) is 58.4 Å². The van der Waals surface area contributed by atoms with E-state index in [1.54, 1.807) is 10.6 Å². The van der Waals surface area contributed by atoms with Gasteiger partial charge in [-0.15, -0.1) is 15.3 Å². The van der Waals surface area contributed by atoms with Gasteiger partial charge in [-0.3, -0.25) is 0 Å². The Kier molecular flexibility index (Phi) is 3.63. The van der Waals surface area contributed by atoms with Gasteiger partial charge in [0.25, 0.3) is 0 Å². The molecule has 2 aromatic heterocycles. The Morgan fingerprint density at radius 1 is 1.04 bits per heavy atom. The maximum Gasteiger partial charge on any atom is 0.185 e. The zero-order chi connectivity index (χ0) is 15.6. The fourth-order valence-corrected chi connectivity index (χ4v) is 2.83. The first kappa shape index (κ1) is 14.1. The van der Waals surface area contributed by atoms with Gasteiger partial charge in [-0.2, -0.15) is 4.52 Å². The number of rotatable bonds is 2. The highest BCUT2D eigenvalue weighted by Gasteiger charge is 2.14. The van der Waals surface area contributed by atoms with E-state index in [0.717, 1.165) is 38.4 Å². The van der Waals surface area contributed by atoms with E-state index in [4.69, 9.17) is 0 Å². The van der Waals surface area contributed by atoms with Crippen molar-refractivity contribution in [1.82, 2.24) is 25.1 Å². The summed E-state index contributed by atoms with van der Waals surface area (Å²) in [5.41, 5.74) is 1.32. The van der Waals surface area contributed by atoms with E-state index in [1.165, 1.54) is 12.1 Å². The van der Waals surface area contributed by atoms with Crippen LogP contribution in [0.4, 0.5) is 10.2 Å². The van der Waals surface area contributed by atoms with Crippen molar-refractivity contribution >= 4 is 11.5 Å². The molecule has 3 aromatic rings. The lowest BCUT2D eigenvalue weighted by atomic mass is 10.2. The molecule has 1 aliphatic rings. The predicted molar refractivity (Wildman–Crippen MR) is 85.9 cm³/mol. The van der Waals surface area contributed by atoms with Crippen molar-refractivity contribution in [2.24, 2.45) is 0 Å². The zero-order valence-corrected chi connectivity index (χ0v) is 12.6. The van der Waals surface area contributed by atoms with Crippen LogP contribution in [-0.2, 0) is 0 Å². The van der Waals surface area contributed by atoms with Crippen LogP contribution in [0.3, 0.4) is 0 Å². The smallest absolute Gasteiger partial charge is 0.185 e. The number of benzene rings is 1. The molecule has 1 aromatic carbocycles. The number of hydrogen-bond donors (Lipinski definition) is 1. The lowest BCUT2D eigenvalue weighted by Crippen LogP contribution is -2.29. The van der Waals surface area contributed by atoms with Crippen molar-refractivity contribution in [2.75, 3.05) is 31.1 Å². The minimum absolute atomic E-state index is 0.297. The van der Waals surface area contributed by atoms with Gasteiger partial charge in [0.2, 0.25) is 0 Å². The summed E-state index contributed by atoms with van der Waals surface area (Å²) in [6.07, 6.45) is 1.08. The number of hydrogen-bond acceptors (Lipinski definition) is 5. The Balaban J connectivity index is 1.76. The van der Waals surface area contributed by atoms with Gasteiger partial charge in [0.1, 0.15) is 11.6 Å². The average Bonchev–Trinajstić information content (AvgIpc) is 2.80. The van der Waals surface area contributed by atoms with Crippen LogP contribution >= 0.6 is 0 Å². The Bertz CT molecular complexity index is 822. The Morgan fingerprint density at radius 3 is 2.91 bits per heavy atom. The van der Waals surface area contributed by atoms with Crippen LogP contribution < -0.4 is 10.2 Å². The summed E-state index contributed by atoms with van der Waals surface area (Å²) >= 11 is 0. The maximum atomic E-state index is 13.5. The van der Waals surface area contributed by atoms with Crippen molar-refractivity contribution < 1.29 is 4.39 Å². The molecule has 0 radical (unpaired) electrons. The molecule has 1 fully saturated rings. The van der Waals surface area contributed by atoms with Crippen LogP contribution in [0.25, 0.3) is 17.0 Å². The first-order chi connectivity index (χ1) is 11.3. The molecule has 7 heteroatoms. The monoisotopic (exact) mass is 312 g/mol. The van der Waals surface area contributed by atoms with Crippen LogP contribution in [0, 0.1) is 5.82 Å². The molecule has 4 rings (SSSR count). The third-order valence-corrected chi connectivity index (χ3v) is 4.00. The number of nitrogens with zero attached hydrogens (tertiary/aromatic N) is 5. The Labute approximate surface area is 132 Å². The van der Waals surface area contributed by atoms with Gasteiger partial charge in [-0.05, 0) is 37.2 Å². The zero-order valence-electron chi connectivity index (χ0n) is 12.6. The van der Waals surface area contributed by atoms with Crippen LogP contribution in [0.15, 0.2) is 36.4 Å². The van der Waals surface area contributed by atoms with Crippen LogP contribution in [0.5, 0.6) is 0 Å². The quantitative estimate of drug-likeness (QED) is 0.781. The van der Waals surface area contributed by atoms with Gasteiger partial charge in [0.05, 0.1) is 0 Å². The fourth-order valence-electron chi connectivity index (χ4n) is 2.83. The van der Waals surface area contributed by atoms with Gasteiger partial charge in [0, 0.05) is 25.2 Å². The minimum atomic E-state index is -0.297. The van der Waals surface area contributed by atoms with Crippen LogP contribution in [-0.4, -0.2) is 46.0 Å². The average molecular weight is 312 g/mol. The second kappa shape index (κ2) is 5.92. The Hall–Kier alpha value is -2.54. The third kappa shape index (κ3) is 2.75. The molecule has 0 atom stereocenters. The van der Waals surface area contributed by atoms with Crippen LogP contribution in [0.2, 0.25) is 0 Å². The number of aromatic nitrogens is 4. The molecule has 23 heavy (non-hydrogen) atoms. The molecule has 0 spiro atoms. The summed E-state index contributed by atoms with van der Waals surface area (Å²) in [5, 5.41) is 16.3. The highest BCUT2D eigenvalue weighted by atomic mass is 19.1. The second-order valence-electron chi connectivity index (χ2n) is 5.59. The molecule has 0 aliphatic carbocycles. The SMILES string of the molecule is Fc1cccc(-c2nnc3ccc(N4CCCNCC4)nn23)c1. The maximum absolute atomic E-state index is 13.5. The molecular weight excluding hydrogens is 295 g/mol. The van der Waals surface area contributed by atoms with E-state index < -0.39 is 0 Å². The van der Waals surface area contributed by atoms with Crippen LogP contribution in [0.1, 0.15) is 6.42 Å². The van der Waals surface area contributed by atoms with Crippen molar-refractivity contribution in [3.63, 3.8) is 0 Å². The fraction of sp³-hybridized carbons (Fsp3) is 0.312. The molecule has 0 bridgehead atoms. The molecule has 0 unspecified atom stereocenters. The molecule has 1 N–H and O–H groups in total. The Morgan fingerprint density at radius 2 is 2.00 bits per heavy atom. The summed E-state index contributed by atoms with van der Waals surface area (Å²) in [5.74, 6) is 1.14. The van der Waals surface area contributed by atoms with Crippen molar-refractivity contribution in [2.45, 2.75) is 6.42 Å². The largest absolute Gasteiger partial charge is 0.354 e. The molecule has 118 valence electrons. The van der Waals surface area contributed by atoms with Gasteiger partial charge >= 0.3 is 0 Å². The van der Waals surface area contributed by atoms with Gasteiger partial charge in [0.15, 0.2) is 11.5 Å². The number of nitrogens with one attached hydrogen (secondary N) is 1. The van der Waals surface area contributed by atoms with Crippen molar-refractivity contribution in [1.29, 1.82) is 0 Å². The predicted octanol–water partition coefficient (Wildman–Crippen LogP) is 1.73. The summed E-state index contributed by atoms with van der Waals surface area (Å²) in [4.78, 5) is 2.24. The summed E-state index contributed by atoms with van der Waals surface area (Å²) in [6.45, 7) is 3.84. The van der Waals surface area contributed by atoms with E-state index in [9.17, 15) is 4.39 Å². The molecule has 1 saturated heterocycles. The minimum Gasteiger partial charge on any atom is -0.354 e. The molecule has 0 saturated carbocycles. The summed E-state index contributed by atoms with van der Waals surface area (Å²) < 4.78 is 15.2. The molecule has 6 nitrogen and oxygen atoms in total. The van der Waals surface area contributed by atoms with Gasteiger partial charge < -0.3 is 10.2 Å². The molecule has 1 aliphatic heterocycles. The van der Waals surface area contributed by atoms with E-state index in [2.05, 4.69) is 25.5 Å². The van der Waals surface area contributed by atoms with Crippen molar-refractivity contribution in [3.05, 3.63) is 42.2 Å².